The van der Waals surface area contributed by atoms with Gasteiger partial charge in [-0.25, -0.2) is 9.36 Å². The molecule has 0 heterocycles. The number of carbonyl (C=O) groups is 2. The van der Waals surface area contributed by atoms with Crippen LogP contribution in [0, 0.1) is 0 Å². The minimum absolute atomic E-state index is 0.0218. The van der Waals surface area contributed by atoms with Crippen molar-refractivity contribution in [2.45, 2.75) is 38.9 Å². The number of amides is 2. The molecule has 13 nitrogen and oxygen atoms in total. The number of rotatable bonds is 20. The van der Waals surface area contributed by atoms with E-state index in [1.807, 2.05) is 97.1 Å². The molecule has 5 aromatic carbocycles. The van der Waals surface area contributed by atoms with Crippen LogP contribution in [0.5, 0.6) is 11.5 Å². The summed E-state index contributed by atoms with van der Waals surface area (Å²) in [6, 6.07) is 39.8. The Hall–Kier alpha value is -5.50. The molecule has 3 N–H and O–H groups in total. The number of phosphoric ester groups is 1. The topological polar surface area (TPSA) is 176 Å². The lowest BCUT2D eigenvalue weighted by atomic mass is 10.0. The fraction of sp³-hybridized carbons (Fsp3) is 0.200. The van der Waals surface area contributed by atoms with E-state index in [4.69, 9.17) is 27.6 Å². The van der Waals surface area contributed by atoms with Crippen molar-refractivity contribution in [1.29, 1.82) is 0 Å². The quantitative estimate of drug-likeness (QED) is 0.0546. The molecule has 0 aliphatic rings. The molecule has 1 atom stereocenters. The predicted octanol–water partition coefficient (Wildman–Crippen LogP) is 7.03. The molecule has 0 bridgehead atoms. The van der Waals surface area contributed by atoms with Gasteiger partial charge in [-0.3, -0.25) is 18.4 Å². The van der Waals surface area contributed by atoms with Crippen LogP contribution < -0.4 is 19.9 Å². The average Bonchev–Trinajstić information content (AvgIpc) is 3.19. The van der Waals surface area contributed by atoms with E-state index in [-0.39, 0.29) is 44.3 Å². The molecule has 0 spiro atoms. The molecule has 0 radical (unpaired) electrons. The standard InChI is InChI=1S/C40H41N2O11PS/c43-39(41-23-24-55(46,47)48)36(42-40(44)50-28-32-15-7-2-8-16-32)25-35-21-22-37(38(26-35)49-27-31-13-5-1-6-14-31)53-54(45,51-29-33-17-9-3-10-18-33)52-30-34-19-11-4-12-20-34/h1-22,26,36H,23-25,27-30H2,(H,41,43)(H,42,44)(H,46,47,48)/t36-/m0/s1. The van der Waals surface area contributed by atoms with Gasteiger partial charge < -0.3 is 24.6 Å². The van der Waals surface area contributed by atoms with Crippen LogP contribution in [-0.2, 0) is 66.1 Å². The number of carbonyl (C=O) groups excluding carboxylic acids is 2. The van der Waals surface area contributed by atoms with Gasteiger partial charge in [-0.15, -0.1) is 0 Å². The summed E-state index contributed by atoms with van der Waals surface area (Å²) in [7, 11) is -8.68. The molecule has 5 rings (SSSR count). The number of phosphoric acid groups is 1. The zero-order valence-corrected chi connectivity index (χ0v) is 31.4. The molecule has 0 aromatic heterocycles. The lowest BCUT2D eigenvalue weighted by Gasteiger charge is -2.22. The first-order valence-corrected chi connectivity index (χ1v) is 20.3. The van der Waals surface area contributed by atoms with Crippen molar-refractivity contribution in [3.8, 4) is 11.5 Å². The maximum Gasteiger partial charge on any atom is 0.530 e. The number of nitrogens with one attached hydrogen (secondary N) is 2. The van der Waals surface area contributed by atoms with E-state index >= 15 is 0 Å². The van der Waals surface area contributed by atoms with Gasteiger partial charge in [-0.05, 0) is 39.9 Å². The van der Waals surface area contributed by atoms with E-state index in [9.17, 15) is 22.6 Å². The van der Waals surface area contributed by atoms with Crippen LogP contribution in [0.4, 0.5) is 4.79 Å². The molecule has 2 amide bonds. The van der Waals surface area contributed by atoms with Crippen molar-refractivity contribution in [3.63, 3.8) is 0 Å². The molecular weight excluding hydrogens is 747 g/mol. The third kappa shape index (κ3) is 14.3. The molecule has 288 valence electrons. The highest BCUT2D eigenvalue weighted by molar-refractivity contribution is 7.85. The Morgan fingerprint density at radius 2 is 1.13 bits per heavy atom. The number of benzene rings is 5. The molecule has 15 heteroatoms. The van der Waals surface area contributed by atoms with E-state index in [2.05, 4.69) is 10.6 Å². The second-order valence-electron chi connectivity index (χ2n) is 12.2. The zero-order valence-electron chi connectivity index (χ0n) is 29.7. The van der Waals surface area contributed by atoms with Crippen LogP contribution >= 0.6 is 7.82 Å². The van der Waals surface area contributed by atoms with Crippen LogP contribution in [0.25, 0.3) is 0 Å². The van der Waals surface area contributed by atoms with Gasteiger partial charge in [0.15, 0.2) is 11.5 Å². The van der Waals surface area contributed by atoms with Gasteiger partial charge in [0.25, 0.3) is 10.1 Å². The molecular formula is C40H41N2O11PS. The maximum atomic E-state index is 14.3. The predicted molar refractivity (Wildman–Crippen MR) is 205 cm³/mol. The summed E-state index contributed by atoms with van der Waals surface area (Å²) in [5.41, 5.74) is 3.49. The molecule has 55 heavy (non-hydrogen) atoms. The van der Waals surface area contributed by atoms with Crippen LogP contribution in [0.1, 0.15) is 27.8 Å². The second kappa shape index (κ2) is 20.3. The third-order valence-electron chi connectivity index (χ3n) is 7.84. The fourth-order valence-electron chi connectivity index (χ4n) is 5.05. The summed E-state index contributed by atoms with van der Waals surface area (Å²) in [4.78, 5) is 26.2. The summed E-state index contributed by atoms with van der Waals surface area (Å²) in [5, 5.41) is 4.96. The summed E-state index contributed by atoms with van der Waals surface area (Å²) < 4.78 is 75.2. The zero-order chi connectivity index (χ0) is 38.9. The molecule has 0 saturated heterocycles. The van der Waals surface area contributed by atoms with Crippen molar-refractivity contribution >= 4 is 29.9 Å². The maximum absolute atomic E-state index is 14.3. The molecule has 0 aliphatic heterocycles. The van der Waals surface area contributed by atoms with E-state index in [0.717, 1.165) is 22.3 Å². The molecule has 5 aromatic rings. The highest BCUT2D eigenvalue weighted by atomic mass is 32.2. The van der Waals surface area contributed by atoms with Crippen LogP contribution in [0.15, 0.2) is 140 Å². The Kier molecular flexibility index (Phi) is 15.0. The summed E-state index contributed by atoms with van der Waals surface area (Å²) in [6.07, 6.45) is -1.02. The largest absolute Gasteiger partial charge is 0.530 e. The second-order valence-corrected chi connectivity index (χ2v) is 15.3. The number of hydrogen-bond donors (Lipinski definition) is 3. The normalized spacial score (nSPS) is 11.9. The van der Waals surface area contributed by atoms with Crippen molar-refractivity contribution in [2.75, 3.05) is 12.3 Å². The van der Waals surface area contributed by atoms with Gasteiger partial charge >= 0.3 is 13.9 Å². The van der Waals surface area contributed by atoms with E-state index < -0.39 is 48.3 Å². The SMILES string of the molecule is O=C(N[C@@H](Cc1ccc(OP(=O)(OCc2ccccc2)OCc2ccccc2)c(OCc2ccccc2)c1)C(=O)NCCS(=O)(=O)O)OCc1ccccc1. The van der Waals surface area contributed by atoms with Gasteiger partial charge in [0, 0.05) is 13.0 Å². The Morgan fingerprint density at radius 3 is 1.64 bits per heavy atom. The summed E-state index contributed by atoms with van der Waals surface area (Å²) in [6.45, 7) is -0.540. The number of ether oxygens (including phenoxy) is 2. The highest BCUT2D eigenvalue weighted by Gasteiger charge is 2.31. The van der Waals surface area contributed by atoms with E-state index in [1.165, 1.54) is 6.07 Å². The van der Waals surface area contributed by atoms with E-state index in [0.29, 0.717) is 5.56 Å². The number of hydrogen-bond acceptors (Lipinski definition) is 10. The van der Waals surface area contributed by atoms with E-state index in [1.54, 1.807) is 36.4 Å². The molecule has 0 saturated carbocycles. The van der Waals surface area contributed by atoms with Crippen molar-refractivity contribution in [1.82, 2.24) is 10.6 Å². The Labute approximate surface area is 319 Å². The van der Waals surface area contributed by atoms with Crippen molar-refractivity contribution < 1.29 is 50.2 Å². The first-order chi connectivity index (χ1) is 26.5. The monoisotopic (exact) mass is 788 g/mol. The van der Waals surface area contributed by atoms with Gasteiger partial charge in [0.1, 0.15) is 19.3 Å². The van der Waals surface area contributed by atoms with Crippen LogP contribution in [0.3, 0.4) is 0 Å². The van der Waals surface area contributed by atoms with Gasteiger partial charge in [0.2, 0.25) is 5.91 Å². The lowest BCUT2D eigenvalue weighted by molar-refractivity contribution is -0.122. The van der Waals surface area contributed by atoms with Crippen molar-refractivity contribution in [3.05, 3.63) is 167 Å². The molecule has 0 aliphatic carbocycles. The van der Waals surface area contributed by atoms with Gasteiger partial charge in [-0.1, -0.05) is 127 Å². The first kappa shape index (κ1) is 40.7. The third-order valence-corrected chi connectivity index (χ3v) is 9.87. The molecule has 0 unspecified atom stereocenters. The van der Waals surface area contributed by atoms with Gasteiger partial charge in [0.05, 0.1) is 19.0 Å². The smallest absolute Gasteiger partial charge is 0.485 e. The minimum Gasteiger partial charge on any atom is -0.485 e. The van der Waals surface area contributed by atoms with Crippen molar-refractivity contribution in [2.24, 2.45) is 0 Å². The molecule has 0 fully saturated rings. The number of alkyl carbamates (subject to hydrolysis) is 1. The Balaban J connectivity index is 1.40. The van der Waals surface area contributed by atoms with Crippen LogP contribution in [0.2, 0.25) is 0 Å². The first-order valence-electron chi connectivity index (χ1n) is 17.2. The minimum atomic E-state index is -4.36. The summed E-state index contributed by atoms with van der Waals surface area (Å²) >= 11 is 0. The Morgan fingerprint density at radius 1 is 0.636 bits per heavy atom. The fourth-order valence-corrected chi connectivity index (χ4v) is 6.59. The van der Waals surface area contributed by atoms with Gasteiger partial charge in [-0.2, -0.15) is 8.42 Å². The highest BCUT2D eigenvalue weighted by Crippen LogP contribution is 2.53. The average molecular weight is 789 g/mol. The summed E-state index contributed by atoms with van der Waals surface area (Å²) in [5.74, 6) is -1.31. The Bertz CT molecular complexity index is 2080. The lowest BCUT2D eigenvalue weighted by Crippen LogP contribution is -2.49. The van der Waals surface area contributed by atoms with Crippen LogP contribution in [-0.4, -0.2) is 43.3 Å².